The van der Waals surface area contributed by atoms with Crippen LogP contribution in [-0.4, -0.2) is 50.8 Å². The minimum absolute atomic E-state index is 0.0816. The third-order valence-corrected chi connectivity index (χ3v) is 7.14. The number of rotatable bonds is 7. The number of aliphatic hydroxyl groups is 1. The summed E-state index contributed by atoms with van der Waals surface area (Å²) in [6, 6.07) is 7.95. The summed E-state index contributed by atoms with van der Waals surface area (Å²) in [4.78, 5) is 15.5. The number of hydrogen-bond donors (Lipinski definition) is 1. The highest BCUT2D eigenvalue weighted by Crippen LogP contribution is 2.32. The summed E-state index contributed by atoms with van der Waals surface area (Å²) in [6.45, 7) is 2.58. The molecule has 0 atom stereocenters. The lowest BCUT2D eigenvalue weighted by Gasteiger charge is -2.38. The first-order chi connectivity index (χ1) is 17.8. The zero-order valence-corrected chi connectivity index (χ0v) is 20.7. The lowest BCUT2D eigenvalue weighted by Crippen LogP contribution is -2.41. The van der Waals surface area contributed by atoms with Crippen molar-refractivity contribution in [2.75, 3.05) is 24.6 Å². The zero-order chi connectivity index (χ0) is 26.2. The zero-order valence-electron chi connectivity index (χ0n) is 20.7. The maximum atomic E-state index is 15.1. The maximum absolute atomic E-state index is 15.1. The molecule has 4 heterocycles. The molecule has 37 heavy (non-hydrogen) atoms. The summed E-state index contributed by atoms with van der Waals surface area (Å²) in [5.41, 5.74) is 3.13. The molecule has 7 nitrogen and oxygen atoms in total. The number of ether oxygens (including phenoxy) is 1. The highest BCUT2D eigenvalue weighted by atomic mass is 19.3. The van der Waals surface area contributed by atoms with Crippen molar-refractivity contribution in [3.63, 3.8) is 0 Å². The number of alkyl halides is 2. The number of aryl methyl sites for hydroxylation is 1. The number of imidazole rings is 1. The minimum atomic E-state index is -2.93. The van der Waals surface area contributed by atoms with E-state index >= 15 is 4.39 Å². The normalized spacial score (nSPS) is 15.5. The van der Waals surface area contributed by atoms with Gasteiger partial charge in [-0.3, -0.25) is 0 Å². The summed E-state index contributed by atoms with van der Waals surface area (Å²) in [5.74, 6) is 0.203. The summed E-state index contributed by atoms with van der Waals surface area (Å²) in [6.07, 6.45) is 6.80. The van der Waals surface area contributed by atoms with Gasteiger partial charge >= 0.3 is 6.61 Å². The fourth-order valence-corrected chi connectivity index (χ4v) is 4.73. The van der Waals surface area contributed by atoms with Gasteiger partial charge in [-0.05, 0) is 31.2 Å². The van der Waals surface area contributed by atoms with Crippen LogP contribution in [0, 0.1) is 18.2 Å². The Morgan fingerprint density at radius 3 is 2.51 bits per heavy atom. The van der Waals surface area contributed by atoms with Gasteiger partial charge in [-0.25, -0.2) is 19.3 Å². The molecule has 0 bridgehead atoms. The van der Waals surface area contributed by atoms with Gasteiger partial charge < -0.3 is 19.1 Å². The van der Waals surface area contributed by atoms with E-state index in [1.165, 1.54) is 12.1 Å². The van der Waals surface area contributed by atoms with Gasteiger partial charge in [-0.2, -0.15) is 8.78 Å². The van der Waals surface area contributed by atoms with Gasteiger partial charge in [0.15, 0.2) is 0 Å². The first-order valence-corrected chi connectivity index (χ1v) is 12.1. The lowest BCUT2D eigenvalue weighted by molar-refractivity contribution is -0.0504. The number of piperidine rings is 1. The number of anilines is 1. The SMILES string of the molecule is Cc1nc2cc(F)c(-c3cnc(N4CCC(C)(CO)CC4)nc3)cn2c1Cc1ccccc1OC(F)F. The number of aromatic nitrogens is 4. The van der Waals surface area contributed by atoms with Gasteiger partial charge in [0.1, 0.15) is 17.2 Å². The fraction of sp³-hybridized carbons (Fsp3) is 0.370. The molecule has 0 unspecified atom stereocenters. The maximum Gasteiger partial charge on any atom is 0.387 e. The van der Waals surface area contributed by atoms with E-state index in [2.05, 4.69) is 31.5 Å². The van der Waals surface area contributed by atoms with Gasteiger partial charge in [0.2, 0.25) is 5.95 Å². The van der Waals surface area contributed by atoms with Crippen LogP contribution < -0.4 is 9.64 Å². The number of para-hydroxylation sites is 1. The third-order valence-electron chi connectivity index (χ3n) is 7.14. The minimum Gasteiger partial charge on any atom is -0.435 e. The van der Waals surface area contributed by atoms with Crippen molar-refractivity contribution >= 4 is 11.6 Å². The number of nitrogens with zero attached hydrogens (tertiary/aromatic N) is 5. The largest absolute Gasteiger partial charge is 0.435 e. The molecule has 1 aliphatic heterocycles. The second-order valence-electron chi connectivity index (χ2n) is 9.80. The van der Waals surface area contributed by atoms with Crippen molar-refractivity contribution in [1.82, 2.24) is 19.4 Å². The molecule has 0 saturated carbocycles. The molecule has 0 aliphatic carbocycles. The predicted molar refractivity (Wildman–Crippen MR) is 133 cm³/mol. The molecule has 0 spiro atoms. The molecule has 1 fully saturated rings. The number of halogens is 3. The average Bonchev–Trinajstić information content (AvgIpc) is 3.18. The van der Waals surface area contributed by atoms with Crippen molar-refractivity contribution in [2.24, 2.45) is 5.41 Å². The van der Waals surface area contributed by atoms with Crippen LogP contribution in [-0.2, 0) is 6.42 Å². The average molecular weight is 512 g/mol. The Morgan fingerprint density at radius 1 is 1.14 bits per heavy atom. The fourth-order valence-electron chi connectivity index (χ4n) is 4.73. The Labute approximate surface area is 212 Å². The van der Waals surface area contributed by atoms with Crippen molar-refractivity contribution in [3.8, 4) is 16.9 Å². The van der Waals surface area contributed by atoms with Crippen LogP contribution in [0.5, 0.6) is 5.75 Å². The van der Waals surface area contributed by atoms with Crippen molar-refractivity contribution < 1.29 is 23.0 Å². The van der Waals surface area contributed by atoms with Crippen LogP contribution in [0.2, 0.25) is 0 Å². The topological polar surface area (TPSA) is 75.8 Å². The Morgan fingerprint density at radius 2 is 1.84 bits per heavy atom. The van der Waals surface area contributed by atoms with Gasteiger partial charge in [-0.15, -0.1) is 0 Å². The number of benzene rings is 1. The smallest absolute Gasteiger partial charge is 0.387 e. The van der Waals surface area contributed by atoms with Crippen molar-refractivity contribution in [1.29, 1.82) is 0 Å². The van der Waals surface area contributed by atoms with E-state index in [0.29, 0.717) is 34.0 Å². The van der Waals surface area contributed by atoms with Crippen LogP contribution in [0.25, 0.3) is 16.8 Å². The van der Waals surface area contributed by atoms with Gasteiger partial charge in [0.25, 0.3) is 0 Å². The first kappa shape index (κ1) is 25.0. The van der Waals surface area contributed by atoms with Crippen LogP contribution in [0.1, 0.15) is 36.7 Å². The molecule has 194 valence electrons. The van der Waals surface area contributed by atoms with Crippen molar-refractivity contribution in [3.05, 3.63) is 71.7 Å². The highest BCUT2D eigenvalue weighted by Gasteiger charge is 2.30. The van der Waals surface area contributed by atoms with E-state index in [1.807, 2.05) is 0 Å². The molecule has 10 heteroatoms. The van der Waals surface area contributed by atoms with Crippen LogP contribution in [0.4, 0.5) is 19.1 Å². The summed E-state index contributed by atoms with van der Waals surface area (Å²) < 4.78 is 47.3. The van der Waals surface area contributed by atoms with E-state index in [4.69, 9.17) is 0 Å². The number of fused-ring (bicyclic) bond motifs is 1. The summed E-state index contributed by atoms with van der Waals surface area (Å²) in [5, 5.41) is 9.59. The molecular formula is C27H28F3N5O2. The second-order valence-corrected chi connectivity index (χ2v) is 9.80. The Hall–Kier alpha value is -3.66. The lowest BCUT2D eigenvalue weighted by atomic mass is 9.81. The molecule has 1 aromatic carbocycles. The van der Waals surface area contributed by atoms with E-state index in [0.717, 1.165) is 31.6 Å². The summed E-state index contributed by atoms with van der Waals surface area (Å²) in [7, 11) is 0. The highest BCUT2D eigenvalue weighted by molar-refractivity contribution is 5.65. The predicted octanol–water partition coefficient (Wildman–Crippen LogP) is 5.03. The quantitative estimate of drug-likeness (QED) is 0.375. The number of hydrogen-bond acceptors (Lipinski definition) is 6. The Balaban J connectivity index is 1.44. The number of aliphatic hydroxyl groups excluding tert-OH is 1. The van der Waals surface area contributed by atoms with Crippen LogP contribution in [0.3, 0.4) is 0 Å². The van der Waals surface area contributed by atoms with E-state index in [-0.39, 0.29) is 24.2 Å². The molecule has 1 N–H and O–H groups in total. The number of pyridine rings is 1. The molecule has 4 aromatic rings. The third kappa shape index (κ3) is 5.11. The van der Waals surface area contributed by atoms with Crippen LogP contribution in [0.15, 0.2) is 48.9 Å². The molecule has 3 aromatic heterocycles. The standard InChI is InChI=1S/C27H28F3N5O2/c1-17-22(11-18-5-3-4-6-23(18)37-25(29)30)35-15-20(21(28)12-24(35)33-17)19-13-31-26(32-14-19)34-9-7-27(2,16-36)8-10-34/h3-6,12-15,25,36H,7-11,16H2,1-2H3. The molecule has 0 radical (unpaired) electrons. The second kappa shape index (κ2) is 10.0. The van der Waals surface area contributed by atoms with Gasteiger partial charge in [0, 0.05) is 73.2 Å². The van der Waals surface area contributed by atoms with E-state index in [9.17, 15) is 13.9 Å². The molecule has 0 amide bonds. The van der Waals surface area contributed by atoms with E-state index in [1.54, 1.807) is 48.1 Å². The Bertz CT molecular complexity index is 1400. The first-order valence-electron chi connectivity index (χ1n) is 12.1. The Kier molecular flexibility index (Phi) is 6.76. The van der Waals surface area contributed by atoms with Crippen molar-refractivity contribution in [2.45, 2.75) is 39.7 Å². The van der Waals surface area contributed by atoms with E-state index < -0.39 is 12.4 Å². The summed E-state index contributed by atoms with van der Waals surface area (Å²) >= 11 is 0. The molecular weight excluding hydrogens is 483 g/mol. The monoisotopic (exact) mass is 511 g/mol. The molecule has 5 rings (SSSR count). The van der Waals surface area contributed by atoms with Crippen LogP contribution >= 0.6 is 0 Å². The molecule has 1 aliphatic rings. The van der Waals surface area contributed by atoms with Gasteiger partial charge in [-0.1, -0.05) is 25.1 Å². The van der Waals surface area contributed by atoms with Gasteiger partial charge in [0.05, 0.1) is 5.69 Å². The molecule has 1 saturated heterocycles.